The summed E-state index contributed by atoms with van der Waals surface area (Å²) in [5, 5.41) is 124. The number of aliphatic hydroxyl groups is 11. The minimum absolute atomic E-state index is 0.917. The molecule has 3 rings (SSSR count). The Morgan fingerprint density at radius 3 is 2.02 bits per heavy atom. The SMILES string of the molecule is CC(=O)N[C@H]1C([C@H](O)[C@H](O)CO)O[C@@](OC2[C@@H](O)C(CO)O[C@@H](O[C@@H]3C(CO)O[C@@H](O)[C@@H](O)C3O)[C@H]2O)(C(=O)O)[C@@H](F)C1O. The van der Waals surface area contributed by atoms with Crippen molar-refractivity contribution in [2.45, 2.75) is 111 Å². The molecule has 3 saturated heterocycles. The molecule has 0 aromatic carbocycles. The van der Waals surface area contributed by atoms with Gasteiger partial charge in [-0.3, -0.25) is 4.79 Å². The van der Waals surface area contributed by atoms with E-state index in [1.165, 1.54) is 0 Å². The molecular weight excluding hydrogens is 613 g/mol. The maximum absolute atomic E-state index is 15.8. The number of hydrogen-bond donors (Lipinski definition) is 13. The van der Waals surface area contributed by atoms with Crippen LogP contribution >= 0.6 is 0 Å². The Morgan fingerprint density at radius 1 is 0.886 bits per heavy atom. The third kappa shape index (κ3) is 6.97. The maximum Gasteiger partial charge on any atom is 0.367 e. The number of carbonyl (C=O) groups is 2. The van der Waals surface area contributed by atoms with Gasteiger partial charge in [0.15, 0.2) is 18.8 Å². The number of carbonyl (C=O) groups excluding carboxylic acids is 1. The minimum atomic E-state index is -3.73. The number of carboxylic acid groups (broad SMARTS) is 1. The van der Waals surface area contributed by atoms with Gasteiger partial charge < -0.3 is 90.3 Å². The summed E-state index contributed by atoms with van der Waals surface area (Å²) < 4.78 is 42.0. The lowest BCUT2D eigenvalue weighted by Crippen LogP contribution is -2.75. The molecule has 20 nitrogen and oxygen atoms in total. The molecule has 3 heterocycles. The van der Waals surface area contributed by atoms with E-state index < -0.39 is 136 Å². The molecule has 1 amide bonds. The lowest BCUT2D eigenvalue weighted by molar-refractivity contribution is -0.394. The third-order valence-corrected chi connectivity index (χ3v) is 7.55. The normalized spacial score (nSPS) is 46.2. The number of carboxylic acids is 1. The number of hydrogen-bond acceptors (Lipinski definition) is 18. The van der Waals surface area contributed by atoms with Gasteiger partial charge in [-0.1, -0.05) is 0 Å². The van der Waals surface area contributed by atoms with E-state index in [9.17, 15) is 70.9 Å². The van der Waals surface area contributed by atoms with Gasteiger partial charge in [-0.25, -0.2) is 9.18 Å². The van der Waals surface area contributed by atoms with Gasteiger partial charge in [-0.2, -0.15) is 0 Å². The lowest BCUT2D eigenvalue weighted by Gasteiger charge is -2.51. The molecule has 0 spiro atoms. The number of aliphatic hydroxyl groups excluding tert-OH is 11. The first-order valence-electron chi connectivity index (χ1n) is 13.3. The van der Waals surface area contributed by atoms with E-state index in [0.717, 1.165) is 6.92 Å². The molecule has 13 N–H and O–H groups in total. The van der Waals surface area contributed by atoms with Crippen LogP contribution in [-0.4, -0.2) is 197 Å². The predicted molar refractivity (Wildman–Crippen MR) is 130 cm³/mol. The van der Waals surface area contributed by atoms with Crippen LogP contribution in [0.2, 0.25) is 0 Å². The molecule has 0 aromatic heterocycles. The number of amides is 1. The van der Waals surface area contributed by atoms with Gasteiger partial charge in [0, 0.05) is 6.92 Å². The van der Waals surface area contributed by atoms with E-state index in [0.29, 0.717) is 0 Å². The zero-order valence-electron chi connectivity index (χ0n) is 23.0. The molecule has 21 heteroatoms. The first-order valence-corrected chi connectivity index (χ1v) is 13.3. The topological polar surface area (TPSA) is 335 Å². The molecule has 256 valence electrons. The maximum atomic E-state index is 15.8. The predicted octanol–water partition coefficient (Wildman–Crippen LogP) is -8.28. The average Bonchev–Trinajstić information content (AvgIpc) is 2.98. The van der Waals surface area contributed by atoms with Crippen LogP contribution in [0.25, 0.3) is 0 Å². The summed E-state index contributed by atoms with van der Waals surface area (Å²) in [5.74, 6) is -7.00. The van der Waals surface area contributed by atoms with E-state index in [4.69, 9.17) is 23.7 Å². The van der Waals surface area contributed by atoms with Crippen LogP contribution in [0.5, 0.6) is 0 Å². The van der Waals surface area contributed by atoms with Gasteiger partial charge in [0.05, 0.1) is 25.9 Å². The van der Waals surface area contributed by atoms with E-state index in [2.05, 4.69) is 0 Å². The Morgan fingerprint density at radius 2 is 1.50 bits per heavy atom. The van der Waals surface area contributed by atoms with E-state index in [1.54, 1.807) is 0 Å². The third-order valence-electron chi connectivity index (χ3n) is 7.55. The molecule has 0 radical (unpaired) electrons. The highest BCUT2D eigenvalue weighted by molar-refractivity contribution is 5.77. The first-order chi connectivity index (χ1) is 20.6. The fraction of sp³-hybridized carbons (Fsp3) is 0.913. The second-order valence-corrected chi connectivity index (χ2v) is 10.5. The summed E-state index contributed by atoms with van der Waals surface area (Å²) in [6.07, 6.45) is -32.4. The summed E-state index contributed by atoms with van der Waals surface area (Å²) in [7, 11) is 0. The highest BCUT2D eigenvalue weighted by atomic mass is 19.1. The number of aliphatic carboxylic acids is 1. The van der Waals surface area contributed by atoms with E-state index >= 15 is 4.39 Å². The van der Waals surface area contributed by atoms with Crippen LogP contribution < -0.4 is 5.32 Å². The Balaban J connectivity index is 1.99. The monoisotopic (exact) mass is 651 g/mol. The zero-order valence-corrected chi connectivity index (χ0v) is 23.0. The van der Waals surface area contributed by atoms with Gasteiger partial charge >= 0.3 is 11.8 Å². The highest BCUT2D eigenvalue weighted by Gasteiger charge is 2.65. The summed E-state index contributed by atoms with van der Waals surface area (Å²) in [6, 6.07) is -1.94. The van der Waals surface area contributed by atoms with Crippen molar-refractivity contribution in [3.8, 4) is 0 Å². The van der Waals surface area contributed by atoms with Crippen molar-refractivity contribution in [2.75, 3.05) is 19.8 Å². The van der Waals surface area contributed by atoms with Crippen molar-refractivity contribution in [1.82, 2.24) is 5.32 Å². The molecule has 0 bridgehead atoms. The average molecular weight is 652 g/mol. The fourth-order valence-electron chi connectivity index (χ4n) is 5.16. The van der Waals surface area contributed by atoms with E-state index in [1.807, 2.05) is 5.32 Å². The molecular formula is C23H38FNO19. The van der Waals surface area contributed by atoms with Crippen LogP contribution in [0.4, 0.5) is 4.39 Å². The summed E-state index contributed by atoms with van der Waals surface area (Å²) >= 11 is 0. The lowest BCUT2D eigenvalue weighted by atomic mass is 9.86. The molecule has 3 aliphatic rings. The van der Waals surface area contributed by atoms with Crippen LogP contribution in [0.1, 0.15) is 6.92 Å². The van der Waals surface area contributed by atoms with Crippen molar-refractivity contribution in [3.05, 3.63) is 0 Å². The molecule has 17 atom stereocenters. The second-order valence-electron chi connectivity index (χ2n) is 10.5. The largest absolute Gasteiger partial charge is 0.477 e. The van der Waals surface area contributed by atoms with Crippen LogP contribution in [0, 0.1) is 0 Å². The molecule has 6 unspecified atom stereocenters. The van der Waals surface area contributed by atoms with Crippen molar-refractivity contribution in [1.29, 1.82) is 0 Å². The standard InChI is InChI=1S/C23H38FNO19/c1-5(29)25-9-12(33)19(24)23(22(38)39,43-17(9)10(31)6(30)2-26)44-18-11(32)7(3-27)41-21(15(18)36)42-16-8(4-28)40-20(37)14(35)13(16)34/h6-21,26-28,30-37H,2-4H2,1H3,(H,25,29)(H,38,39)/t6-,7?,8?,9-,10-,11+,12?,13?,14+,15+,16-,17?,18?,19+,20-,21+,23+/m1/s1. The Bertz CT molecular complexity index is 980. The van der Waals surface area contributed by atoms with Gasteiger partial charge in [0.1, 0.15) is 73.2 Å². The molecule has 3 fully saturated rings. The Labute approximate surface area is 247 Å². The molecule has 0 saturated carbocycles. The smallest absolute Gasteiger partial charge is 0.367 e. The summed E-state index contributed by atoms with van der Waals surface area (Å²) in [4.78, 5) is 24.2. The van der Waals surface area contributed by atoms with Crippen molar-refractivity contribution in [3.63, 3.8) is 0 Å². The Kier molecular flexibility index (Phi) is 12.3. The quantitative estimate of drug-likeness (QED) is 0.0986. The number of nitrogens with one attached hydrogen (secondary N) is 1. The van der Waals surface area contributed by atoms with Crippen LogP contribution in [0.3, 0.4) is 0 Å². The number of rotatable bonds is 11. The van der Waals surface area contributed by atoms with Gasteiger partial charge in [-0.05, 0) is 0 Å². The fourth-order valence-corrected chi connectivity index (χ4v) is 5.16. The highest BCUT2D eigenvalue weighted by Crippen LogP contribution is 2.39. The Hall–Kier alpha value is -1.77. The molecule has 0 aromatic rings. The molecule has 44 heavy (non-hydrogen) atoms. The van der Waals surface area contributed by atoms with Crippen LogP contribution in [0.15, 0.2) is 0 Å². The summed E-state index contributed by atoms with van der Waals surface area (Å²) in [6.45, 7) is -2.22. The summed E-state index contributed by atoms with van der Waals surface area (Å²) in [5.41, 5.74) is 0. The van der Waals surface area contributed by atoms with Gasteiger partial charge in [0.25, 0.3) is 0 Å². The first kappa shape index (κ1) is 36.7. The number of alkyl halides is 1. The zero-order chi connectivity index (χ0) is 33.3. The van der Waals surface area contributed by atoms with Gasteiger partial charge in [-0.15, -0.1) is 0 Å². The van der Waals surface area contributed by atoms with E-state index in [-0.39, 0.29) is 0 Å². The van der Waals surface area contributed by atoms with Gasteiger partial charge in [0.2, 0.25) is 5.91 Å². The number of ether oxygens (including phenoxy) is 5. The second kappa shape index (κ2) is 14.8. The van der Waals surface area contributed by atoms with Crippen molar-refractivity contribution >= 4 is 11.9 Å². The van der Waals surface area contributed by atoms with Crippen molar-refractivity contribution in [2.24, 2.45) is 0 Å². The van der Waals surface area contributed by atoms with Crippen molar-refractivity contribution < 1.29 is 98.9 Å². The number of halogens is 1. The molecule has 3 aliphatic heterocycles. The molecule has 0 aliphatic carbocycles. The minimum Gasteiger partial charge on any atom is -0.477 e. The van der Waals surface area contributed by atoms with Crippen LogP contribution in [-0.2, 0) is 33.3 Å².